The highest BCUT2D eigenvalue weighted by molar-refractivity contribution is 8.15. The van der Waals surface area contributed by atoms with Crippen molar-refractivity contribution in [3.05, 3.63) is 69.6 Å². The molecule has 0 bridgehead atoms. The lowest BCUT2D eigenvalue weighted by Crippen LogP contribution is -2.06. The van der Waals surface area contributed by atoms with Crippen molar-refractivity contribution in [2.24, 2.45) is 0 Å². The van der Waals surface area contributed by atoms with Crippen molar-refractivity contribution in [1.29, 1.82) is 0 Å². The number of thioether (sulfide) groups is 1. The van der Waals surface area contributed by atoms with Crippen LogP contribution in [0.15, 0.2) is 56.0 Å². The number of para-hydroxylation sites is 1. The van der Waals surface area contributed by atoms with Gasteiger partial charge in [-0.2, -0.15) is 0 Å². The van der Waals surface area contributed by atoms with E-state index in [4.69, 9.17) is 4.42 Å². The zero-order valence-corrected chi connectivity index (χ0v) is 15.2. The second kappa shape index (κ2) is 6.13. The summed E-state index contributed by atoms with van der Waals surface area (Å²) in [4.78, 5) is 29.4. The number of fused-ring (bicyclic) bond motifs is 2. The number of rotatable bonds is 2. The number of aryl methyl sites for hydroxylation is 2. The fourth-order valence-corrected chi connectivity index (χ4v) is 4.60. The summed E-state index contributed by atoms with van der Waals surface area (Å²) in [5.41, 5.74) is 2.94. The summed E-state index contributed by atoms with van der Waals surface area (Å²) in [6.45, 7) is 3.79. The van der Waals surface area contributed by atoms with Gasteiger partial charge in [-0.15, -0.1) is 11.3 Å². The van der Waals surface area contributed by atoms with Crippen LogP contribution in [0.1, 0.15) is 21.7 Å². The highest BCUT2D eigenvalue weighted by atomic mass is 32.2. The van der Waals surface area contributed by atoms with Gasteiger partial charge in [0.15, 0.2) is 15.5 Å². The molecule has 0 fully saturated rings. The van der Waals surface area contributed by atoms with Gasteiger partial charge in [0.25, 0.3) is 5.12 Å². The summed E-state index contributed by atoms with van der Waals surface area (Å²) in [7, 11) is 0. The van der Waals surface area contributed by atoms with Crippen LogP contribution in [0, 0.1) is 13.8 Å². The molecule has 0 saturated heterocycles. The molecule has 25 heavy (non-hydrogen) atoms. The van der Waals surface area contributed by atoms with Crippen molar-refractivity contribution in [1.82, 2.24) is 4.98 Å². The molecular formula is C19H13NO3S2. The Morgan fingerprint density at radius 2 is 1.96 bits per heavy atom. The lowest BCUT2D eigenvalue weighted by atomic mass is 10.1. The van der Waals surface area contributed by atoms with Crippen LogP contribution < -0.4 is 5.43 Å². The molecule has 0 aliphatic heterocycles. The number of hydrogen-bond donors (Lipinski definition) is 0. The van der Waals surface area contributed by atoms with Gasteiger partial charge in [0.2, 0.25) is 0 Å². The SMILES string of the molecule is Cc1cc(C)c2oc(C(=O)Sc3nc4ccccc4s3)cc(=O)c2c1. The summed E-state index contributed by atoms with van der Waals surface area (Å²) in [5.74, 6) is 0.0497. The Balaban J connectivity index is 1.73. The predicted octanol–water partition coefficient (Wildman–Crippen LogP) is 4.95. The molecule has 4 rings (SSSR count). The van der Waals surface area contributed by atoms with Gasteiger partial charge >= 0.3 is 0 Å². The van der Waals surface area contributed by atoms with Crippen molar-refractivity contribution < 1.29 is 9.21 Å². The second-order valence-corrected chi connectivity index (χ2v) is 8.02. The lowest BCUT2D eigenvalue weighted by Gasteiger charge is -2.05. The molecule has 0 aliphatic rings. The Labute approximate surface area is 151 Å². The normalized spacial score (nSPS) is 11.3. The van der Waals surface area contributed by atoms with E-state index in [0.717, 1.165) is 33.1 Å². The van der Waals surface area contributed by atoms with Crippen molar-refractivity contribution in [2.75, 3.05) is 0 Å². The first kappa shape index (κ1) is 16.1. The Bertz CT molecular complexity index is 1160. The molecule has 0 N–H and O–H groups in total. The smallest absolute Gasteiger partial charge is 0.261 e. The van der Waals surface area contributed by atoms with E-state index in [2.05, 4.69) is 4.98 Å². The van der Waals surface area contributed by atoms with E-state index in [-0.39, 0.29) is 16.3 Å². The number of thiazole rings is 1. The summed E-state index contributed by atoms with van der Waals surface area (Å²) in [6, 6.07) is 12.7. The van der Waals surface area contributed by atoms with Crippen LogP contribution in [0.4, 0.5) is 0 Å². The monoisotopic (exact) mass is 367 g/mol. The third-order valence-electron chi connectivity index (χ3n) is 3.81. The van der Waals surface area contributed by atoms with Crippen molar-refractivity contribution in [2.45, 2.75) is 18.2 Å². The van der Waals surface area contributed by atoms with E-state index in [1.165, 1.54) is 17.4 Å². The highest BCUT2D eigenvalue weighted by Crippen LogP contribution is 2.31. The van der Waals surface area contributed by atoms with E-state index < -0.39 is 0 Å². The van der Waals surface area contributed by atoms with Gasteiger partial charge in [0.05, 0.1) is 15.6 Å². The summed E-state index contributed by atoms with van der Waals surface area (Å²) < 4.78 is 7.39. The average Bonchev–Trinajstić information content (AvgIpc) is 2.97. The van der Waals surface area contributed by atoms with Crippen LogP contribution in [-0.4, -0.2) is 10.1 Å². The van der Waals surface area contributed by atoms with E-state index >= 15 is 0 Å². The molecule has 6 heteroatoms. The molecular weight excluding hydrogens is 354 g/mol. The van der Waals surface area contributed by atoms with Crippen LogP contribution in [0.2, 0.25) is 0 Å². The average molecular weight is 367 g/mol. The maximum atomic E-state index is 12.6. The molecule has 124 valence electrons. The van der Waals surface area contributed by atoms with E-state index in [0.29, 0.717) is 15.3 Å². The summed E-state index contributed by atoms with van der Waals surface area (Å²) in [5, 5.41) is 0.178. The fourth-order valence-electron chi connectivity index (χ4n) is 2.73. The molecule has 0 saturated carbocycles. The minimum Gasteiger partial charge on any atom is -0.451 e. The van der Waals surface area contributed by atoms with Gasteiger partial charge < -0.3 is 4.42 Å². The number of carbonyl (C=O) groups is 1. The predicted molar refractivity (Wildman–Crippen MR) is 102 cm³/mol. The Morgan fingerprint density at radius 1 is 1.16 bits per heavy atom. The molecule has 4 nitrogen and oxygen atoms in total. The molecule has 2 aromatic heterocycles. The third kappa shape index (κ3) is 2.99. The molecule has 0 atom stereocenters. The molecule has 4 aromatic rings. The van der Waals surface area contributed by atoms with Gasteiger partial charge in [0, 0.05) is 6.07 Å². The van der Waals surface area contributed by atoms with E-state index in [9.17, 15) is 9.59 Å². The third-order valence-corrected chi connectivity index (χ3v) is 5.80. The fraction of sp³-hybridized carbons (Fsp3) is 0.105. The van der Waals surface area contributed by atoms with Crippen LogP contribution in [-0.2, 0) is 0 Å². The minimum absolute atomic E-state index is 0.0497. The van der Waals surface area contributed by atoms with Crippen molar-refractivity contribution >= 4 is 49.4 Å². The molecule has 2 aromatic carbocycles. The first-order valence-corrected chi connectivity index (χ1v) is 9.27. The molecule has 2 heterocycles. The molecule has 0 spiro atoms. The summed E-state index contributed by atoms with van der Waals surface area (Å²) in [6.07, 6.45) is 0. The van der Waals surface area contributed by atoms with Crippen molar-refractivity contribution in [3.63, 3.8) is 0 Å². The molecule has 0 unspecified atom stereocenters. The van der Waals surface area contributed by atoms with E-state index in [1.807, 2.05) is 44.2 Å². The van der Waals surface area contributed by atoms with Gasteiger partial charge in [-0.3, -0.25) is 9.59 Å². The Kier molecular flexibility index (Phi) is 3.94. The largest absolute Gasteiger partial charge is 0.451 e. The highest BCUT2D eigenvalue weighted by Gasteiger charge is 2.17. The number of benzene rings is 2. The summed E-state index contributed by atoms with van der Waals surface area (Å²) >= 11 is 2.43. The maximum absolute atomic E-state index is 12.6. The maximum Gasteiger partial charge on any atom is 0.261 e. The number of nitrogens with zero attached hydrogens (tertiary/aromatic N) is 1. The Hall–Kier alpha value is -2.44. The molecule has 0 radical (unpaired) electrons. The number of aromatic nitrogens is 1. The van der Waals surface area contributed by atoms with Crippen LogP contribution in [0.5, 0.6) is 0 Å². The topological polar surface area (TPSA) is 60.2 Å². The first-order valence-electron chi connectivity index (χ1n) is 7.64. The van der Waals surface area contributed by atoms with E-state index in [1.54, 1.807) is 6.07 Å². The van der Waals surface area contributed by atoms with Gasteiger partial charge in [-0.25, -0.2) is 4.98 Å². The van der Waals surface area contributed by atoms with Crippen molar-refractivity contribution in [3.8, 4) is 0 Å². The first-order chi connectivity index (χ1) is 12.0. The van der Waals surface area contributed by atoms with Crippen LogP contribution in [0.3, 0.4) is 0 Å². The van der Waals surface area contributed by atoms with Gasteiger partial charge in [0.1, 0.15) is 5.58 Å². The Morgan fingerprint density at radius 3 is 2.76 bits per heavy atom. The van der Waals surface area contributed by atoms with Crippen LogP contribution >= 0.6 is 23.1 Å². The number of carbonyl (C=O) groups excluding carboxylic acids is 1. The molecule has 0 aliphatic carbocycles. The zero-order chi connectivity index (χ0) is 17.6. The van der Waals surface area contributed by atoms with Gasteiger partial charge in [-0.1, -0.05) is 18.2 Å². The second-order valence-electron chi connectivity index (χ2n) is 5.77. The van der Waals surface area contributed by atoms with Gasteiger partial charge in [-0.05, 0) is 54.9 Å². The lowest BCUT2D eigenvalue weighted by molar-refractivity contribution is 0.106. The van der Waals surface area contributed by atoms with Crippen LogP contribution in [0.25, 0.3) is 21.2 Å². The number of hydrogen-bond acceptors (Lipinski definition) is 6. The standard InChI is InChI=1S/C19H13NO3S2/c1-10-7-11(2)17-12(8-10)14(21)9-15(23-17)18(22)25-19-20-13-5-3-4-6-16(13)24-19/h3-9H,1-2H3. The quantitative estimate of drug-likeness (QED) is 0.469. The zero-order valence-electron chi connectivity index (χ0n) is 13.5. The molecule has 0 amide bonds. The minimum atomic E-state index is -0.321.